The first kappa shape index (κ1) is 13.1. The molecule has 2 N–H and O–H groups in total. The van der Waals surface area contributed by atoms with Crippen molar-refractivity contribution in [3.63, 3.8) is 0 Å². The van der Waals surface area contributed by atoms with E-state index in [1.54, 1.807) is 0 Å². The van der Waals surface area contributed by atoms with Crippen LogP contribution in [0.25, 0.3) is 10.9 Å². The average Bonchev–Trinajstić information content (AvgIpc) is 3.05. The summed E-state index contributed by atoms with van der Waals surface area (Å²) in [6, 6.07) is 9.38. The number of thioether (sulfide) groups is 1. The van der Waals surface area contributed by atoms with E-state index < -0.39 is 0 Å². The maximum Gasteiger partial charge on any atom is 0.0499 e. The van der Waals surface area contributed by atoms with Gasteiger partial charge in [-0.1, -0.05) is 31.5 Å². The molecule has 0 saturated heterocycles. The van der Waals surface area contributed by atoms with E-state index >= 15 is 0 Å². The van der Waals surface area contributed by atoms with E-state index in [2.05, 4.69) is 53.3 Å². The van der Waals surface area contributed by atoms with Crippen LogP contribution >= 0.6 is 11.8 Å². The van der Waals surface area contributed by atoms with Crippen molar-refractivity contribution < 1.29 is 0 Å². The maximum atomic E-state index is 3.77. The third-order valence-corrected chi connectivity index (χ3v) is 5.39. The van der Waals surface area contributed by atoms with Crippen LogP contribution < -0.4 is 5.32 Å². The van der Waals surface area contributed by atoms with E-state index in [4.69, 9.17) is 0 Å². The van der Waals surface area contributed by atoms with E-state index in [1.165, 1.54) is 41.5 Å². The number of para-hydroxylation sites is 1. The van der Waals surface area contributed by atoms with Crippen molar-refractivity contribution in [3.05, 3.63) is 36.0 Å². The Labute approximate surface area is 119 Å². The number of hydrogen-bond donors (Lipinski definition) is 2. The molecule has 1 aliphatic rings. The quantitative estimate of drug-likeness (QED) is 0.864. The Balaban J connectivity index is 1.67. The molecule has 0 amide bonds. The van der Waals surface area contributed by atoms with Gasteiger partial charge in [0.1, 0.15) is 0 Å². The van der Waals surface area contributed by atoms with E-state index in [0.29, 0.717) is 6.04 Å². The van der Waals surface area contributed by atoms with Crippen LogP contribution in [0.3, 0.4) is 0 Å². The van der Waals surface area contributed by atoms with Gasteiger partial charge >= 0.3 is 0 Å². The van der Waals surface area contributed by atoms with Crippen molar-refractivity contribution in [1.29, 1.82) is 0 Å². The fraction of sp³-hybridized carbons (Fsp3) is 0.500. The zero-order chi connectivity index (χ0) is 13.1. The smallest absolute Gasteiger partial charge is 0.0499 e. The summed E-state index contributed by atoms with van der Waals surface area (Å²) in [6.07, 6.45) is 6.11. The molecule has 1 saturated carbocycles. The van der Waals surface area contributed by atoms with E-state index in [-0.39, 0.29) is 0 Å². The van der Waals surface area contributed by atoms with Gasteiger partial charge in [-0.2, -0.15) is 11.8 Å². The highest BCUT2D eigenvalue weighted by Gasteiger charge is 2.26. The van der Waals surface area contributed by atoms with Crippen LogP contribution in [0, 0.1) is 0 Å². The number of benzene rings is 1. The van der Waals surface area contributed by atoms with Gasteiger partial charge in [-0.25, -0.2) is 0 Å². The highest BCUT2D eigenvalue weighted by atomic mass is 32.2. The Morgan fingerprint density at radius 2 is 2.26 bits per heavy atom. The Kier molecular flexibility index (Phi) is 4.14. The molecular weight excluding hydrogens is 252 g/mol. The summed E-state index contributed by atoms with van der Waals surface area (Å²) in [5.41, 5.74) is 2.67. The number of fused-ring (bicyclic) bond motifs is 1. The van der Waals surface area contributed by atoms with Gasteiger partial charge in [0.25, 0.3) is 0 Å². The third kappa shape index (κ3) is 2.82. The summed E-state index contributed by atoms with van der Waals surface area (Å²) in [5.74, 6) is 1.23. The first-order valence-corrected chi connectivity index (χ1v) is 8.33. The number of aromatic nitrogens is 1. The summed E-state index contributed by atoms with van der Waals surface area (Å²) >= 11 is 2.12. The standard InChI is InChI=1S/C16H22N2S/c1-2-19-15-8-4-7-14(15)18-11-13-6-3-5-12-9-10-17-16(12)13/h3,5-6,9-10,14-15,17-18H,2,4,7-8,11H2,1H3. The zero-order valence-corrected chi connectivity index (χ0v) is 12.3. The SMILES string of the molecule is CCSC1CCCC1NCc1cccc2cc[nH]c12. The molecule has 1 aromatic carbocycles. The third-order valence-electron chi connectivity index (χ3n) is 4.06. The molecule has 0 spiro atoms. The molecule has 2 aromatic rings. The average molecular weight is 274 g/mol. The molecule has 3 rings (SSSR count). The van der Waals surface area contributed by atoms with Gasteiger partial charge in [-0.3, -0.25) is 0 Å². The molecule has 2 atom stereocenters. The Hall–Kier alpha value is -0.930. The van der Waals surface area contributed by atoms with Gasteiger partial charge < -0.3 is 10.3 Å². The highest BCUT2D eigenvalue weighted by Crippen LogP contribution is 2.30. The summed E-state index contributed by atoms with van der Waals surface area (Å²) < 4.78 is 0. The number of H-pyrrole nitrogens is 1. The molecule has 1 fully saturated rings. The minimum Gasteiger partial charge on any atom is -0.361 e. The molecule has 19 heavy (non-hydrogen) atoms. The number of rotatable bonds is 5. The monoisotopic (exact) mass is 274 g/mol. The van der Waals surface area contributed by atoms with Crippen molar-refractivity contribution in [3.8, 4) is 0 Å². The van der Waals surface area contributed by atoms with Gasteiger partial charge in [-0.05, 0) is 35.6 Å². The van der Waals surface area contributed by atoms with E-state index in [0.717, 1.165) is 11.8 Å². The van der Waals surface area contributed by atoms with Gasteiger partial charge in [0, 0.05) is 29.6 Å². The predicted octanol–water partition coefficient (Wildman–Crippen LogP) is 3.93. The Morgan fingerprint density at radius 3 is 3.16 bits per heavy atom. The van der Waals surface area contributed by atoms with Gasteiger partial charge in [-0.15, -0.1) is 0 Å². The second kappa shape index (κ2) is 6.02. The van der Waals surface area contributed by atoms with Crippen molar-refractivity contribution in [2.75, 3.05) is 5.75 Å². The minimum absolute atomic E-state index is 0.690. The topological polar surface area (TPSA) is 27.8 Å². The van der Waals surface area contributed by atoms with Crippen molar-refractivity contribution >= 4 is 22.7 Å². The largest absolute Gasteiger partial charge is 0.361 e. The summed E-state index contributed by atoms with van der Waals surface area (Å²) in [7, 11) is 0. The molecular formula is C16H22N2S. The molecule has 0 aliphatic heterocycles. The summed E-state index contributed by atoms with van der Waals surface area (Å²) in [5, 5.41) is 5.90. The fourth-order valence-electron chi connectivity index (χ4n) is 3.11. The van der Waals surface area contributed by atoms with Crippen LogP contribution in [-0.4, -0.2) is 22.0 Å². The van der Waals surface area contributed by atoms with Crippen molar-refractivity contribution in [1.82, 2.24) is 10.3 Å². The van der Waals surface area contributed by atoms with Crippen LogP contribution in [0.2, 0.25) is 0 Å². The van der Waals surface area contributed by atoms with E-state index in [1.807, 2.05) is 6.20 Å². The van der Waals surface area contributed by atoms with Crippen LogP contribution in [-0.2, 0) is 6.54 Å². The first-order valence-electron chi connectivity index (χ1n) is 7.28. The predicted molar refractivity (Wildman–Crippen MR) is 84.7 cm³/mol. The number of nitrogens with one attached hydrogen (secondary N) is 2. The van der Waals surface area contributed by atoms with Crippen LogP contribution in [0.1, 0.15) is 31.7 Å². The minimum atomic E-state index is 0.690. The molecule has 3 heteroatoms. The molecule has 2 nitrogen and oxygen atoms in total. The lowest BCUT2D eigenvalue weighted by molar-refractivity contribution is 0.533. The Morgan fingerprint density at radius 1 is 1.32 bits per heavy atom. The number of hydrogen-bond acceptors (Lipinski definition) is 2. The maximum absolute atomic E-state index is 3.77. The van der Waals surface area contributed by atoms with Crippen molar-refractivity contribution in [2.24, 2.45) is 0 Å². The molecule has 1 aromatic heterocycles. The lowest BCUT2D eigenvalue weighted by atomic mass is 10.1. The molecule has 1 heterocycles. The van der Waals surface area contributed by atoms with Crippen molar-refractivity contribution in [2.45, 2.75) is 44.0 Å². The lowest BCUT2D eigenvalue weighted by Crippen LogP contribution is -2.33. The fourth-order valence-corrected chi connectivity index (χ4v) is 4.34. The lowest BCUT2D eigenvalue weighted by Gasteiger charge is -2.20. The van der Waals surface area contributed by atoms with Gasteiger partial charge in [0.2, 0.25) is 0 Å². The van der Waals surface area contributed by atoms with E-state index in [9.17, 15) is 0 Å². The van der Waals surface area contributed by atoms with Gasteiger partial charge in [0.05, 0.1) is 0 Å². The molecule has 1 aliphatic carbocycles. The normalized spacial score (nSPS) is 23.2. The van der Waals surface area contributed by atoms with Crippen LogP contribution in [0.15, 0.2) is 30.5 Å². The molecule has 0 bridgehead atoms. The molecule has 102 valence electrons. The Bertz CT molecular complexity index is 534. The first-order chi connectivity index (χ1) is 9.38. The molecule has 2 unspecified atom stereocenters. The zero-order valence-electron chi connectivity index (χ0n) is 11.5. The van der Waals surface area contributed by atoms with Gasteiger partial charge in [0.15, 0.2) is 0 Å². The van der Waals surface area contributed by atoms with Crippen LogP contribution in [0.4, 0.5) is 0 Å². The summed E-state index contributed by atoms with van der Waals surface area (Å²) in [6.45, 7) is 3.24. The van der Waals surface area contributed by atoms with Crippen LogP contribution in [0.5, 0.6) is 0 Å². The second-order valence-corrected chi connectivity index (χ2v) is 6.79. The number of aromatic amines is 1. The molecule has 0 radical (unpaired) electrons. The second-order valence-electron chi connectivity index (χ2n) is 5.27. The summed E-state index contributed by atoms with van der Waals surface area (Å²) in [4.78, 5) is 3.35. The highest BCUT2D eigenvalue weighted by molar-refractivity contribution is 7.99.